The summed E-state index contributed by atoms with van der Waals surface area (Å²) < 4.78 is 37.2. The van der Waals surface area contributed by atoms with Crippen LogP contribution >= 0.6 is 0 Å². The summed E-state index contributed by atoms with van der Waals surface area (Å²) in [5.74, 6) is -0.268. The van der Waals surface area contributed by atoms with Crippen LogP contribution in [0.1, 0.15) is 11.1 Å². The number of alkyl halides is 3. The van der Waals surface area contributed by atoms with E-state index >= 15 is 0 Å². The predicted octanol–water partition coefficient (Wildman–Crippen LogP) is 3.62. The van der Waals surface area contributed by atoms with Gasteiger partial charge in [-0.25, -0.2) is 0 Å². The van der Waals surface area contributed by atoms with Crippen LogP contribution in [0, 0.1) is 10.1 Å². The number of hydrogen-bond donors (Lipinski definition) is 1. The second-order valence-electron chi connectivity index (χ2n) is 4.21. The third-order valence-electron chi connectivity index (χ3n) is 2.71. The van der Waals surface area contributed by atoms with Crippen molar-refractivity contribution >= 4 is 11.5 Å². The molecule has 0 radical (unpaired) electrons. The Morgan fingerprint density at radius 1 is 1.14 bits per heavy atom. The molecule has 0 saturated carbocycles. The molecule has 21 heavy (non-hydrogen) atoms. The lowest BCUT2D eigenvalue weighted by Gasteiger charge is -2.08. The van der Waals surface area contributed by atoms with Crippen molar-refractivity contribution in [1.82, 2.24) is 4.98 Å². The molecule has 0 saturated heterocycles. The van der Waals surface area contributed by atoms with Crippen molar-refractivity contribution in [3.63, 3.8) is 0 Å². The first-order valence-electron chi connectivity index (χ1n) is 5.87. The molecule has 8 heteroatoms. The number of nitrogens with one attached hydrogen (secondary N) is 1. The van der Waals surface area contributed by atoms with Crippen molar-refractivity contribution in [2.75, 3.05) is 5.32 Å². The van der Waals surface area contributed by atoms with Crippen molar-refractivity contribution < 1.29 is 18.1 Å². The first-order valence-corrected chi connectivity index (χ1v) is 5.87. The normalized spacial score (nSPS) is 11.2. The largest absolute Gasteiger partial charge is 0.416 e. The Morgan fingerprint density at radius 3 is 2.29 bits per heavy atom. The molecule has 0 aliphatic rings. The van der Waals surface area contributed by atoms with E-state index in [0.717, 1.165) is 12.1 Å². The lowest BCUT2D eigenvalue weighted by Crippen LogP contribution is -2.05. The molecule has 0 aliphatic heterocycles. The molecule has 110 valence electrons. The van der Waals surface area contributed by atoms with Gasteiger partial charge < -0.3 is 15.4 Å². The number of benzene rings is 1. The molecular weight excluding hydrogens is 287 g/mol. The maximum absolute atomic E-state index is 12.4. The van der Waals surface area contributed by atoms with E-state index < -0.39 is 16.7 Å². The summed E-state index contributed by atoms with van der Waals surface area (Å²) in [5, 5.41) is 13.4. The highest BCUT2D eigenvalue weighted by molar-refractivity contribution is 5.44. The van der Waals surface area contributed by atoms with Crippen molar-refractivity contribution in [2.24, 2.45) is 0 Å². The standard InChI is InChI=1S/C13H10F3N3O2/c14-13(15,16)10-3-1-9(2-4-10)7-17-11-5-6-12(18-8-11)19(20)21/h1-6,8,17H,7H2. The summed E-state index contributed by atoms with van der Waals surface area (Å²) in [6.45, 7) is 0.289. The van der Waals surface area contributed by atoms with Crippen LogP contribution in [0.25, 0.3) is 0 Å². The minimum Gasteiger partial charge on any atom is -0.378 e. The second-order valence-corrected chi connectivity index (χ2v) is 4.21. The van der Waals surface area contributed by atoms with Crippen molar-refractivity contribution in [3.05, 3.63) is 63.8 Å². The van der Waals surface area contributed by atoms with E-state index in [2.05, 4.69) is 10.3 Å². The van der Waals surface area contributed by atoms with Gasteiger partial charge >= 0.3 is 12.0 Å². The minimum atomic E-state index is -4.35. The Labute approximate surface area is 117 Å². The fraction of sp³-hybridized carbons (Fsp3) is 0.154. The fourth-order valence-corrected chi connectivity index (χ4v) is 1.61. The molecule has 0 spiro atoms. The van der Waals surface area contributed by atoms with Crippen molar-refractivity contribution in [3.8, 4) is 0 Å². The van der Waals surface area contributed by atoms with Gasteiger partial charge in [0.05, 0.1) is 11.3 Å². The van der Waals surface area contributed by atoms with Gasteiger partial charge in [0.2, 0.25) is 0 Å². The maximum atomic E-state index is 12.4. The Bertz CT molecular complexity index is 625. The van der Waals surface area contributed by atoms with Crippen LogP contribution in [-0.4, -0.2) is 9.91 Å². The van der Waals surface area contributed by atoms with E-state index in [1.807, 2.05) is 0 Å². The zero-order valence-corrected chi connectivity index (χ0v) is 10.6. The first-order chi connectivity index (χ1) is 9.86. The van der Waals surface area contributed by atoms with Crippen LogP contribution in [-0.2, 0) is 12.7 Å². The van der Waals surface area contributed by atoms with E-state index in [0.29, 0.717) is 11.3 Å². The Hall–Kier alpha value is -2.64. The van der Waals surface area contributed by atoms with Gasteiger partial charge in [0, 0.05) is 12.6 Å². The van der Waals surface area contributed by atoms with Crippen molar-refractivity contribution in [1.29, 1.82) is 0 Å². The molecule has 1 N–H and O–H groups in total. The Kier molecular flexibility index (Phi) is 4.06. The number of hydrogen-bond acceptors (Lipinski definition) is 4. The first kappa shape index (κ1) is 14.8. The number of nitrogens with zero attached hydrogens (tertiary/aromatic N) is 2. The highest BCUT2D eigenvalue weighted by Crippen LogP contribution is 2.29. The second kappa shape index (κ2) is 5.78. The minimum absolute atomic E-state index is 0.268. The number of rotatable bonds is 4. The van der Waals surface area contributed by atoms with Crippen LogP contribution in [0.5, 0.6) is 0 Å². The molecule has 0 bridgehead atoms. The zero-order valence-electron chi connectivity index (χ0n) is 10.6. The summed E-state index contributed by atoms with van der Waals surface area (Å²) >= 11 is 0. The molecule has 1 heterocycles. The molecule has 2 rings (SSSR count). The van der Waals surface area contributed by atoms with E-state index in [9.17, 15) is 23.3 Å². The quantitative estimate of drug-likeness (QED) is 0.691. The molecule has 0 aliphatic carbocycles. The lowest BCUT2D eigenvalue weighted by atomic mass is 10.1. The van der Waals surface area contributed by atoms with Gasteiger partial charge in [0.15, 0.2) is 6.20 Å². The molecule has 5 nitrogen and oxygen atoms in total. The lowest BCUT2D eigenvalue weighted by molar-refractivity contribution is -0.389. The monoisotopic (exact) mass is 297 g/mol. The van der Waals surface area contributed by atoms with Crippen molar-refractivity contribution in [2.45, 2.75) is 12.7 Å². The molecular formula is C13H10F3N3O2. The average molecular weight is 297 g/mol. The van der Waals surface area contributed by atoms with E-state index in [4.69, 9.17) is 0 Å². The molecule has 0 unspecified atom stereocenters. The van der Waals surface area contributed by atoms with Crippen LogP contribution in [0.4, 0.5) is 24.7 Å². The third kappa shape index (κ3) is 3.91. The fourth-order valence-electron chi connectivity index (χ4n) is 1.61. The highest BCUT2D eigenvalue weighted by atomic mass is 19.4. The molecule has 0 fully saturated rings. The zero-order chi connectivity index (χ0) is 15.5. The summed E-state index contributed by atoms with van der Waals surface area (Å²) in [7, 11) is 0. The molecule has 0 atom stereocenters. The van der Waals surface area contributed by atoms with Gasteiger partial charge in [-0.15, -0.1) is 0 Å². The van der Waals surface area contributed by atoms with Gasteiger partial charge in [-0.3, -0.25) is 0 Å². The topological polar surface area (TPSA) is 68.1 Å². The molecule has 1 aromatic heterocycles. The van der Waals surface area contributed by atoms with Crippen LogP contribution in [0.15, 0.2) is 42.6 Å². The van der Waals surface area contributed by atoms with Crippen LogP contribution in [0.2, 0.25) is 0 Å². The Balaban J connectivity index is 1.98. The summed E-state index contributed by atoms with van der Waals surface area (Å²) in [4.78, 5) is 13.5. The summed E-state index contributed by atoms with van der Waals surface area (Å²) in [6.07, 6.45) is -3.06. The van der Waals surface area contributed by atoms with E-state index in [-0.39, 0.29) is 12.4 Å². The van der Waals surface area contributed by atoms with E-state index in [1.165, 1.54) is 30.5 Å². The number of aromatic nitrogens is 1. The maximum Gasteiger partial charge on any atom is 0.416 e. The van der Waals surface area contributed by atoms with Crippen LogP contribution in [0.3, 0.4) is 0 Å². The predicted molar refractivity (Wildman–Crippen MR) is 69.7 cm³/mol. The van der Waals surface area contributed by atoms with Gasteiger partial charge in [0.25, 0.3) is 0 Å². The highest BCUT2D eigenvalue weighted by Gasteiger charge is 2.29. The average Bonchev–Trinajstić information content (AvgIpc) is 2.45. The smallest absolute Gasteiger partial charge is 0.378 e. The van der Waals surface area contributed by atoms with Gasteiger partial charge in [-0.2, -0.15) is 13.2 Å². The van der Waals surface area contributed by atoms with Gasteiger partial charge in [0.1, 0.15) is 0 Å². The SMILES string of the molecule is O=[N+]([O-])c1ccc(NCc2ccc(C(F)(F)F)cc2)cn1. The summed E-state index contributed by atoms with van der Waals surface area (Å²) in [5.41, 5.74) is 0.491. The molecule has 0 amide bonds. The molecule has 2 aromatic rings. The molecule has 1 aromatic carbocycles. The number of halogens is 3. The Morgan fingerprint density at radius 2 is 1.81 bits per heavy atom. The van der Waals surface area contributed by atoms with Gasteiger partial charge in [-0.05, 0) is 33.7 Å². The summed E-state index contributed by atoms with van der Waals surface area (Å²) in [6, 6.07) is 7.48. The number of anilines is 1. The van der Waals surface area contributed by atoms with Crippen LogP contribution < -0.4 is 5.32 Å². The van der Waals surface area contributed by atoms with E-state index in [1.54, 1.807) is 0 Å². The number of pyridine rings is 1. The van der Waals surface area contributed by atoms with Gasteiger partial charge in [-0.1, -0.05) is 12.1 Å². The number of nitro groups is 1. The third-order valence-corrected chi connectivity index (χ3v) is 2.71.